The Bertz CT molecular complexity index is 1550. The Balaban J connectivity index is 1.51. The van der Waals surface area contributed by atoms with E-state index >= 15 is 0 Å². The predicted octanol–water partition coefficient (Wildman–Crippen LogP) is 1.40. The molecule has 0 aromatic heterocycles. The highest BCUT2D eigenvalue weighted by atomic mass is 35.5. The number of imide groups is 2. The molecule has 4 aliphatic rings. The van der Waals surface area contributed by atoms with E-state index in [0.29, 0.717) is 5.57 Å². The van der Waals surface area contributed by atoms with E-state index in [1.54, 1.807) is 6.08 Å². The van der Waals surface area contributed by atoms with Crippen molar-refractivity contribution in [3.63, 3.8) is 0 Å². The number of nitrogens with zero attached hydrogens (tertiary/aromatic N) is 2. The maximum Gasteiger partial charge on any atom is 0.488 e. The first kappa shape index (κ1) is 27.0. The molecule has 206 valence electrons. The third-order valence-corrected chi connectivity index (χ3v) is 10.2. The Labute approximate surface area is 237 Å². The van der Waals surface area contributed by atoms with Crippen LogP contribution in [0.4, 0.5) is 10.1 Å². The number of carbonyl (C=O) groups excluding carboxylic acids is 4. The van der Waals surface area contributed by atoms with E-state index < -0.39 is 75.7 Å². The Hall–Kier alpha value is -3.25. The number of phenolic OH excluding ortho intramolecular Hbond substituents is 1. The van der Waals surface area contributed by atoms with Crippen molar-refractivity contribution in [1.29, 1.82) is 0 Å². The summed E-state index contributed by atoms with van der Waals surface area (Å²) in [6, 6.07) is 9.46. The van der Waals surface area contributed by atoms with Crippen LogP contribution < -0.4 is 10.4 Å². The fourth-order valence-electron chi connectivity index (χ4n) is 6.93. The monoisotopic (exact) mass is 586 g/mol. The van der Waals surface area contributed by atoms with Gasteiger partial charge in [0.1, 0.15) is 0 Å². The average Bonchev–Trinajstić information content (AvgIpc) is 3.25. The van der Waals surface area contributed by atoms with Gasteiger partial charge in [-0.3, -0.25) is 29.0 Å². The minimum atomic E-state index is -2.14. The lowest BCUT2D eigenvalue weighted by Gasteiger charge is -2.50. The summed E-state index contributed by atoms with van der Waals surface area (Å²) in [5.41, 5.74) is 0.568. The molecule has 13 heteroatoms. The second kappa shape index (κ2) is 8.88. The second-order valence-corrected chi connectivity index (χ2v) is 11.9. The molecule has 2 aromatic rings. The first-order chi connectivity index (χ1) is 18.8. The van der Waals surface area contributed by atoms with Crippen LogP contribution in [-0.4, -0.2) is 67.6 Å². The van der Waals surface area contributed by atoms with Crippen LogP contribution in [0, 0.1) is 23.6 Å². The highest BCUT2D eigenvalue weighted by Crippen LogP contribution is 2.66. The van der Waals surface area contributed by atoms with E-state index in [0.717, 1.165) is 15.9 Å². The van der Waals surface area contributed by atoms with Gasteiger partial charge >= 0.3 is 7.12 Å². The van der Waals surface area contributed by atoms with Crippen molar-refractivity contribution in [2.75, 3.05) is 11.9 Å². The number of alkyl halides is 2. The van der Waals surface area contributed by atoms with Gasteiger partial charge in [-0.1, -0.05) is 35.9 Å². The molecule has 4 amide bonds. The average molecular weight is 587 g/mol. The third kappa shape index (κ3) is 3.29. The van der Waals surface area contributed by atoms with Gasteiger partial charge in [-0.05, 0) is 42.4 Å². The molecule has 6 atom stereocenters. The van der Waals surface area contributed by atoms with Crippen LogP contribution in [0.25, 0.3) is 0 Å². The lowest BCUT2D eigenvalue weighted by atomic mass is 9.56. The van der Waals surface area contributed by atoms with Crippen molar-refractivity contribution in [3.8, 4) is 5.75 Å². The molecule has 0 bridgehead atoms. The maximum absolute atomic E-state index is 14.6. The summed E-state index contributed by atoms with van der Waals surface area (Å²) in [5, 5.41) is 29.9. The van der Waals surface area contributed by atoms with Gasteiger partial charge in [0.15, 0.2) is 21.3 Å². The summed E-state index contributed by atoms with van der Waals surface area (Å²) in [5.74, 6) is -8.43. The first-order valence-electron chi connectivity index (χ1n) is 12.6. The molecule has 2 aliphatic heterocycles. The number of hydrogen-bond acceptors (Lipinski definition) is 7. The van der Waals surface area contributed by atoms with Crippen molar-refractivity contribution in [3.05, 3.63) is 65.5 Å². The van der Waals surface area contributed by atoms with E-state index in [2.05, 4.69) is 0 Å². The number of fused-ring (bicyclic) bond motifs is 4. The minimum Gasteiger partial charge on any atom is -0.505 e. The predicted molar refractivity (Wildman–Crippen MR) is 142 cm³/mol. The molecule has 0 radical (unpaired) electrons. The van der Waals surface area contributed by atoms with E-state index in [1.165, 1.54) is 43.4 Å². The number of aromatic hydroxyl groups is 1. The molecule has 6 unspecified atom stereocenters. The zero-order chi connectivity index (χ0) is 28.9. The van der Waals surface area contributed by atoms with E-state index in [1.807, 2.05) is 0 Å². The fourth-order valence-corrected chi connectivity index (χ4v) is 7.94. The quantitative estimate of drug-likeness (QED) is 0.214. The number of likely N-dealkylation sites (tertiary alicyclic amines) is 1. The van der Waals surface area contributed by atoms with Crippen LogP contribution in [0.1, 0.15) is 24.3 Å². The lowest BCUT2D eigenvalue weighted by molar-refractivity contribution is -0.138. The third-order valence-electron chi connectivity index (χ3n) is 8.77. The molecule has 40 heavy (non-hydrogen) atoms. The number of para-hydroxylation sites is 1. The number of allylic oxidation sites excluding steroid dienone is 2. The molecule has 2 heterocycles. The zero-order valence-corrected chi connectivity index (χ0v) is 22.4. The molecule has 3 fully saturated rings. The Morgan fingerprint density at radius 2 is 1.70 bits per heavy atom. The Morgan fingerprint density at radius 1 is 1.00 bits per heavy atom. The van der Waals surface area contributed by atoms with Crippen molar-refractivity contribution in [1.82, 2.24) is 4.90 Å². The van der Waals surface area contributed by atoms with Crippen molar-refractivity contribution in [2.45, 2.75) is 28.5 Å². The number of benzene rings is 2. The second-order valence-electron chi connectivity index (χ2n) is 10.7. The standard InChI is InChI=1S/C27H22BCl2FN2O7/c1-32-24(37)26(29)11-17-14(20(27(26,30)25(32)38)16-6-3-7-18(31)21(16)34)8-9-15-19(17)23(36)33(22(15)35)13-5-2-4-12(10-13)28(39)40/h2-8,10,15,17,19-20,34,39-40H,9,11H2,1H3. The van der Waals surface area contributed by atoms with Crippen LogP contribution in [0.3, 0.4) is 0 Å². The number of hydrogen-bond donors (Lipinski definition) is 3. The van der Waals surface area contributed by atoms with E-state index in [4.69, 9.17) is 23.2 Å². The van der Waals surface area contributed by atoms with Gasteiger partial charge in [0.2, 0.25) is 11.8 Å². The van der Waals surface area contributed by atoms with Crippen molar-refractivity contribution < 1.29 is 38.7 Å². The molecule has 6 rings (SSSR count). The van der Waals surface area contributed by atoms with Crippen LogP contribution in [0.15, 0.2) is 54.1 Å². The SMILES string of the molecule is CN1C(=O)C2(Cl)CC3C(=CCC4C(=O)N(c5cccc(B(O)O)c5)C(=O)C43)C(c3cccc(F)c3O)C2(Cl)C1=O. The molecular weight excluding hydrogens is 565 g/mol. The Kier molecular flexibility index (Phi) is 5.98. The van der Waals surface area contributed by atoms with Crippen molar-refractivity contribution in [2.24, 2.45) is 17.8 Å². The van der Waals surface area contributed by atoms with Gasteiger partial charge in [0, 0.05) is 18.5 Å². The summed E-state index contributed by atoms with van der Waals surface area (Å²) < 4.78 is 14.6. The van der Waals surface area contributed by atoms with E-state index in [9.17, 15) is 38.7 Å². The van der Waals surface area contributed by atoms with Crippen LogP contribution in [0.2, 0.25) is 0 Å². The smallest absolute Gasteiger partial charge is 0.488 e. The number of amides is 4. The van der Waals surface area contributed by atoms with Gasteiger partial charge in [-0.25, -0.2) is 4.39 Å². The number of rotatable bonds is 3. The zero-order valence-electron chi connectivity index (χ0n) is 20.9. The highest BCUT2D eigenvalue weighted by molar-refractivity contribution is 6.58. The highest BCUT2D eigenvalue weighted by Gasteiger charge is 2.76. The van der Waals surface area contributed by atoms with Crippen LogP contribution in [0.5, 0.6) is 5.75 Å². The van der Waals surface area contributed by atoms with Crippen LogP contribution in [-0.2, 0) is 19.2 Å². The van der Waals surface area contributed by atoms with Crippen LogP contribution >= 0.6 is 23.2 Å². The maximum atomic E-state index is 14.6. The Morgan fingerprint density at radius 3 is 2.40 bits per heavy atom. The normalized spacial score (nSPS) is 33.1. The summed E-state index contributed by atoms with van der Waals surface area (Å²) >= 11 is 14.0. The fraction of sp³-hybridized carbons (Fsp3) is 0.333. The summed E-state index contributed by atoms with van der Waals surface area (Å²) in [6.07, 6.45) is 1.49. The summed E-state index contributed by atoms with van der Waals surface area (Å²) in [7, 11) is -0.591. The van der Waals surface area contributed by atoms with Gasteiger partial charge in [0.05, 0.1) is 17.5 Å². The first-order valence-corrected chi connectivity index (χ1v) is 13.3. The molecular formula is C27H22BCl2FN2O7. The molecule has 2 aliphatic carbocycles. The summed E-state index contributed by atoms with van der Waals surface area (Å²) in [4.78, 5) is 52.0. The molecule has 3 N–H and O–H groups in total. The molecule has 2 aromatic carbocycles. The lowest BCUT2D eigenvalue weighted by Crippen LogP contribution is -2.60. The summed E-state index contributed by atoms with van der Waals surface area (Å²) in [6.45, 7) is 0. The van der Waals surface area contributed by atoms with Crippen molar-refractivity contribution >= 4 is 65.1 Å². The topological polar surface area (TPSA) is 135 Å². The molecule has 1 saturated carbocycles. The number of anilines is 1. The van der Waals surface area contributed by atoms with Gasteiger partial charge in [0.25, 0.3) is 11.8 Å². The number of halogens is 3. The van der Waals surface area contributed by atoms with Gasteiger partial charge in [-0.2, -0.15) is 0 Å². The molecule has 0 spiro atoms. The molecule has 2 saturated heterocycles. The largest absolute Gasteiger partial charge is 0.505 e. The number of carbonyl (C=O) groups is 4. The molecule has 9 nitrogen and oxygen atoms in total. The van der Waals surface area contributed by atoms with E-state index in [-0.39, 0.29) is 29.6 Å². The minimum absolute atomic E-state index is 0.0656. The van der Waals surface area contributed by atoms with Gasteiger partial charge < -0.3 is 15.2 Å². The van der Waals surface area contributed by atoms with Gasteiger partial charge in [-0.15, -0.1) is 23.2 Å². The number of phenols is 1.